The lowest BCUT2D eigenvalue weighted by atomic mass is 10.2. The van der Waals surface area contributed by atoms with Gasteiger partial charge in [-0.2, -0.15) is 9.40 Å². The highest BCUT2D eigenvalue weighted by Crippen LogP contribution is 2.26. The van der Waals surface area contributed by atoms with E-state index in [1.165, 1.54) is 10.6 Å². The molecule has 0 unspecified atom stereocenters. The van der Waals surface area contributed by atoms with Gasteiger partial charge in [-0.05, 0) is 6.07 Å². The predicted octanol–water partition coefficient (Wildman–Crippen LogP) is -0.318. The molecule has 2 fully saturated rings. The molecule has 12 nitrogen and oxygen atoms in total. The van der Waals surface area contributed by atoms with Crippen molar-refractivity contribution in [1.29, 1.82) is 0 Å². The molecule has 0 amide bonds. The van der Waals surface area contributed by atoms with Crippen molar-refractivity contribution in [3.05, 3.63) is 30.4 Å². The van der Waals surface area contributed by atoms with Crippen LogP contribution in [0.2, 0.25) is 0 Å². The molecule has 0 saturated carbocycles. The van der Waals surface area contributed by atoms with E-state index in [9.17, 15) is 8.42 Å². The van der Waals surface area contributed by atoms with Crippen molar-refractivity contribution in [1.82, 2.24) is 33.8 Å². The van der Waals surface area contributed by atoms with Crippen LogP contribution in [0.3, 0.4) is 0 Å². The molecule has 176 valence electrons. The van der Waals surface area contributed by atoms with Crippen LogP contribution in [0.5, 0.6) is 0 Å². The van der Waals surface area contributed by atoms with Crippen molar-refractivity contribution in [2.75, 3.05) is 69.4 Å². The van der Waals surface area contributed by atoms with Crippen LogP contribution in [0.1, 0.15) is 5.69 Å². The normalized spacial score (nSPS) is 18.8. The molecule has 0 aromatic carbocycles. The number of morpholine rings is 1. The Morgan fingerprint density at radius 3 is 2.42 bits per heavy atom. The molecular formula is C20H27N9O3S. The fourth-order valence-electron chi connectivity index (χ4n) is 4.17. The Labute approximate surface area is 192 Å². The second-order valence-electron chi connectivity index (χ2n) is 8.28. The van der Waals surface area contributed by atoms with Crippen LogP contribution in [-0.2, 0) is 21.3 Å². The molecule has 3 aromatic heterocycles. The number of piperazine rings is 1. The summed E-state index contributed by atoms with van der Waals surface area (Å²) in [5.74, 6) is 1.05. The van der Waals surface area contributed by atoms with Gasteiger partial charge in [-0.25, -0.2) is 27.9 Å². The van der Waals surface area contributed by atoms with E-state index >= 15 is 0 Å². The third-order valence-electron chi connectivity index (χ3n) is 5.95. The molecule has 13 heteroatoms. The molecule has 0 aliphatic carbocycles. The molecule has 2 N–H and O–H groups in total. The number of sulfonamides is 1. The Morgan fingerprint density at radius 1 is 1.06 bits per heavy atom. The van der Waals surface area contributed by atoms with Gasteiger partial charge in [0.25, 0.3) is 0 Å². The first-order valence-corrected chi connectivity index (χ1v) is 12.7. The number of ether oxygens (including phenoxy) is 1. The van der Waals surface area contributed by atoms with Gasteiger partial charge in [-0.15, -0.1) is 0 Å². The second-order valence-corrected chi connectivity index (χ2v) is 10.3. The molecule has 3 aromatic rings. The van der Waals surface area contributed by atoms with Gasteiger partial charge in [0, 0.05) is 63.8 Å². The van der Waals surface area contributed by atoms with Crippen LogP contribution in [0.15, 0.2) is 24.7 Å². The van der Waals surface area contributed by atoms with Crippen LogP contribution in [-0.4, -0.2) is 101 Å². The molecule has 0 bridgehead atoms. The first-order valence-electron chi connectivity index (χ1n) is 10.8. The van der Waals surface area contributed by atoms with Crippen molar-refractivity contribution >= 4 is 27.3 Å². The quantitative estimate of drug-likeness (QED) is 0.525. The number of rotatable bonds is 5. The van der Waals surface area contributed by atoms with Crippen molar-refractivity contribution < 1.29 is 13.2 Å². The van der Waals surface area contributed by atoms with E-state index in [0.29, 0.717) is 51.6 Å². The van der Waals surface area contributed by atoms with Crippen LogP contribution >= 0.6 is 0 Å². The van der Waals surface area contributed by atoms with Crippen LogP contribution in [0, 0.1) is 0 Å². The SMILES string of the molecule is CS(=O)(=O)N1CCN(Cc2cc3c(N4CCOCC4)nc(-c4cnc(N)nc4)cn3n2)CC1. The molecule has 0 radical (unpaired) electrons. The minimum Gasteiger partial charge on any atom is -0.378 e. The molecular weight excluding hydrogens is 446 g/mol. The summed E-state index contributed by atoms with van der Waals surface area (Å²) < 4.78 is 32.5. The van der Waals surface area contributed by atoms with Crippen LogP contribution in [0.4, 0.5) is 11.8 Å². The Kier molecular flexibility index (Phi) is 5.86. The number of aromatic nitrogens is 5. The first kappa shape index (κ1) is 21.9. The number of anilines is 2. The minimum atomic E-state index is -3.15. The van der Waals surface area contributed by atoms with Crippen molar-refractivity contribution in [3.63, 3.8) is 0 Å². The lowest BCUT2D eigenvalue weighted by molar-refractivity contribution is 0.122. The number of nitrogen functional groups attached to an aromatic ring is 1. The van der Waals surface area contributed by atoms with Crippen molar-refractivity contribution in [2.24, 2.45) is 0 Å². The Hall–Kier alpha value is -2.87. The van der Waals surface area contributed by atoms with E-state index in [4.69, 9.17) is 20.6 Å². The number of nitrogens with zero attached hydrogens (tertiary/aromatic N) is 8. The highest BCUT2D eigenvalue weighted by molar-refractivity contribution is 7.88. The summed E-state index contributed by atoms with van der Waals surface area (Å²) in [6.45, 7) is 5.76. The van der Waals surface area contributed by atoms with E-state index < -0.39 is 10.0 Å². The number of fused-ring (bicyclic) bond motifs is 1. The largest absolute Gasteiger partial charge is 0.378 e. The molecule has 2 aliphatic rings. The third kappa shape index (κ3) is 4.76. The molecule has 5 rings (SSSR count). The second kappa shape index (κ2) is 8.82. The van der Waals surface area contributed by atoms with Gasteiger partial charge >= 0.3 is 0 Å². The zero-order chi connectivity index (χ0) is 23.0. The predicted molar refractivity (Wildman–Crippen MR) is 123 cm³/mol. The van der Waals surface area contributed by atoms with Crippen LogP contribution < -0.4 is 10.6 Å². The maximum Gasteiger partial charge on any atom is 0.219 e. The highest BCUT2D eigenvalue weighted by atomic mass is 32.2. The average Bonchev–Trinajstić information content (AvgIpc) is 3.21. The van der Waals surface area contributed by atoms with E-state index in [1.807, 2.05) is 10.7 Å². The molecule has 2 saturated heterocycles. The topological polar surface area (TPSA) is 135 Å². The van der Waals surface area contributed by atoms with Gasteiger partial charge in [0.15, 0.2) is 5.82 Å². The summed E-state index contributed by atoms with van der Waals surface area (Å²) in [6, 6.07) is 2.06. The van der Waals surface area contributed by atoms with Gasteiger partial charge in [0.2, 0.25) is 16.0 Å². The fraction of sp³-hybridized carbons (Fsp3) is 0.500. The minimum absolute atomic E-state index is 0.213. The lowest BCUT2D eigenvalue weighted by Gasteiger charge is -2.32. The van der Waals surface area contributed by atoms with Crippen molar-refractivity contribution in [3.8, 4) is 11.3 Å². The van der Waals surface area contributed by atoms with E-state index in [1.54, 1.807) is 12.4 Å². The third-order valence-corrected chi connectivity index (χ3v) is 7.25. The van der Waals surface area contributed by atoms with Gasteiger partial charge in [-0.3, -0.25) is 4.90 Å². The summed E-state index contributed by atoms with van der Waals surface area (Å²) in [6.07, 6.45) is 6.45. The molecule has 0 spiro atoms. The monoisotopic (exact) mass is 473 g/mol. The molecule has 33 heavy (non-hydrogen) atoms. The van der Waals surface area contributed by atoms with E-state index in [2.05, 4.69) is 25.8 Å². The Balaban J connectivity index is 1.45. The molecule has 2 aliphatic heterocycles. The maximum atomic E-state index is 11.8. The Bertz CT molecular complexity index is 1230. The molecule has 0 atom stereocenters. The van der Waals surface area contributed by atoms with Gasteiger partial charge in [0.1, 0.15) is 5.52 Å². The van der Waals surface area contributed by atoms with Gasteiger partial charge < -0.3 is 15.4 Å². The number of hydrogen-bond donors (Lipinski definition) is 1. The summed E-state index contributed by atoms with van der Waals surface area (Å²) >= 11 is 0. The zero-order valence-electron chi connectivity index (χ0n) is 18.5. The summed E-state index contributed by atoms with van der Waals surface area (Å²) in [5, 5.41) is 4.81. The van der Waals surface area contributed by atoms with E-state index in [-0.39, 0.29) is 5.95 Å². The van der Waals surface area contributed by atoms with Crippen molar-refractivity contribution in [2.45, 2.75) is 6.54 Å². The fourth-order valence-corrected chi connectivity index (χ4v) is 5.00. The van der Waals surface area contributed by atoms with E-state index in [0.717, 1.165) is 35.7 Å². The standard InChI is InChI=1S/C20H27N9O3S/c1-33(30,31)28-4-2-26(3-5-28)13-16-10-18-19(27-6-8-32-9-7-27)24-17(14-29(18)25-16)15-11-22-20(21)23-12-15/h10-12,14H,2-9,13H2,1H3,(H2,21,22,23). The highest BCUT2D eigenvalue weighted by Gasteiger charge is 2.25. The van der Waals surface area contributed by atoms with Gasteiger partial charge in [0.05, 0.1) is 37.1 Å². The zero-order valence-corrected chi connectivity index (χ0v) is 19.3. The summed E-state index contributed by atoms with van der Waals surface area (Å²) in [7, 11) is -3.15. The average molecular weight is 474 g/mol. The van der Waals surface area contributed by atoms with Gasteiger partial charge in [-0.1, -0.05) is 0 Å². The van der Waals surface area contributed by atoms with Crippen LogP contribution in [0.25, 0.3) is 16.8 Å². The Morgan fingerprint density at radius 2 is 1.76 bits per heavy atom. The number of hydrogen-bond acceptors (Lipinski definition) is 10. The summed E-state index contributed by atoms with van der Waals surface area (Å²) in [4.78, 5) is 17.5. The maximum absolute atomic E-state index is 11.8. The smallest absolute Gasteiger partial charge is 0.219 e. The first-order chi connectivity index (χ1) is 15.9. The molecule has 5 heterocycles. The number of nitrogens with two attached hydrogens (primary N) is 1. The lowest BCUT2D eigenvalue weighted by Crippen LogP contribution is -2.47. The summed E-state index contributed by atoms with van der Waals surface area (Å²) in [5.41, 5.74) is 8.94.